The van der Waals surface area contributed by atoms with Crippen LogP contribution in [0.4, 0.5) is 0 Å². The molecule has 134 valence electrons. The van der Waals surface area contributed by atoms with Crippen molar-refractivity contribution in [2.24, 2.45) is 12.8 Å². The minimum Gasteiger partial charge on any atom is -0.462 e. The number of carbonyl (C=O) groups is 2. The molecule has 0 spiro atoms. The number of primary amides is 1. The van der Waals surface area contributed by atoms with Crippen molar-refractivity contribution in [3.63, 3.8) is 0 Å². The summed E-state index contributed by atoms with van der Waals surface area (Å²) in [4.78, 5) is 53.5. The number of hydrogen-bond donors (Lipinski definition) is 2. The maximum Gasteiger partial charge on any atom is 0.345 e. The van der Waals surface area contributed by atoms with Gasteiger partial charge in [0.1, 0.15) is 5.56 Å². The van der Waals surface area contributed by atoms with Crippen LogP contribution in [0.2, 0.25) is 0 Å². The standard InChI is InChI=1S/C16H15N5O5/c1-3-26-15(24)9-7-21(16(25)19-14(9)23)8-4-5-11-10(6-8)18-13(12(17)22)20(11)2/h4-7H,3H2,1-2H3,(H2,17,22)(H,19,23,25). The highest BCUT2D eigenvalue weighted by Crippen LogP contribution is 2.18. The van der Waals surface area contributed by atoms with Crippen LogP contribution < -0.4 is 17.0 Å². The molecule has 1 amide bonds. The fourth-order valence-corrected chi connectivity index (χ4v) is 2.58. The lowest BCUT2D eigenvalue weighted by Crippen LogP contribution is -2.33. The number of imidazole rings is 1. The van der Waals surface area contributed by atoms with Crippen LogP contribution in [-0.4, -0.2) is 37.6 Å². The SMILES string of the molecule is CCOC(=O)c1cn(-c2ccc3c(c2)nc(C(N)=O)n3C)c(=O)[nH]c1=O. The second kappa shape index (κ2) is 6.31. The van der Waals surface area contributed by atoms with Gasteiger partial charge in [0.2, 0.25) is 0 Å². The van der Waals surface area contributed by atoms with Crippen LogP contribution >= 0.6 is 0 Å². The van der Waals surface area contributed by atoms with Crippen molar-refractivity contribution < 1.29 is 14.3 Å². The highest BCUT2D eigenvalue weighted by Gasteiger charge is 2.17. The van der Waals surface area contributed by atoms with Crippen LogP contribution in [-0.2, 0) is 11.8 Å². The number of ether oxygens (including phenoxy) is 1. The number of carbonyl (C=O) groups excluding carboxylic acids is 2. The molecule has 3 rings (SSSR count). The molecule has 0 aliphatic rings. The number of aromatic amines is 1. The number of nitrogens with two attached hydrogens (primary N) is 1. The van der Waals surface area contributed by atoms with Crippen molar-refractivity contribution in [1.82, 2.24) is 19.1 Å². The Bertz CT molecular complexity index is 1150. The predicted octanol–water partition coefficient (Wildman–Crippen LogP) is -0.312. The Morgan fingerprint density at radius 1 is 1.31 bits per heavy atom. The van der Waals surface area contributed by atoms with E-state index in [1.165, 1.54) is 10.6 Å². The van der Waals surface area contributed by atoms with Crippen molar-refractivity contribution in [1.29, 1.82) is 0 Å². The summed E-state index contributed by atoms with van der Waals surface area (Å²) in [6, 6.07) is 4.77. The Kier molecular flexibility index (Phi) is 4.16. The van der Waals surface area contributed by atoms with E-state index in [2.05, 4.69) is 9.97 Å². The summed E-state index contributed by atoms with van der Waals surface area (Å²) in [7, 11) is 1.64. The molecule has 0 radical (unpaired) electrons. The molecule has 0 saturated heterocycles. The molecule has 10 nitrogen and oxygen atoms in total. The molecule has 3 N–H and O–H groups in total. The topological polar surface area (TPSA) is 142 Å². The van der Waals surface area contributed by atoms with Crippen molar-refractivity contribution in [2.45, 2.75) is 6.92 Å². The van der Waals surface area contributed by atoms with E-state index < -0.39 is 23.1 Å². The number of aryl methyl sites for hydroxylation is 1. The van der Waals surface area contributed by atoms with E-state index in [0.717, 1.165) is 10.8 Å². The molecule has 0 atom stereocenters. The monoisotopic (exact) mass is 357 g/mol. The third-order valence-electron chi connectivity index (χ3n) is 3.80. The largest absolute Gasteiger partial charge is 0.462 e. The molecule has 0 aliphatic carbocycles. The fraction of sp³-hybridized carbons (Fsp3) is 0.188. The number of benzene rings is 1. The lowest BCUT2D eigenvalue weighted by atomic mass is 10.2. The van der Waals surface area contributed by atoms with E-state index in [4.69, 9.17) is 10.5 Å². The maximum atomic E-state index is 12.1. The summed E-state index contributed by atoms with van der Waals surface area (Å²) in [6.45, 7) is 1.70. The molecule has 26 heavy (non-hydrogen) atoms. The summed E-state index contributed by atoms with van der Waals surface area (Å²) in [5.74, 6) is -1.45. The number of fused-ring (bicyclic) bond motifs is 1. The summed E-state index contributed by atoms with van der Waals surface area (Å²) in [6.07, 6.45) is 1.11. The van der Waals surface area contributed by atoms with Crippen LogP contribution in [0.25, 0.3) is 16.7 Å². The molecule has 2 heterocycles. The Morgan fingerprint density at radius 2 is 2.04 bits per heavy atom. The average molecular weight is 357 g/mol. The first-order valence-electron chi connectivity index (χ1n) is 7.63. The number of esters is 1. The average Bonchev–Trinajstić information content (AvgIpc) is 2.91. The highest BCUT2D eigenvalue weighted by atomic mass is 16.5. The first-order chi connectivity index (χ1) is 12.3. The van der Waals surface area contributed by atoms with Crippen LogP contribution in [0.1, 0.15) is 27.9 Å². The first kappa shape index (κ1) is 17.1. The van der Waals surface area contributed by atoms with Gasteiger partial charge in [-0.05, 0) is 25.1 Å². The zero-order valence-corrected chi connectivity index (χ0v) is 14.0. The van der Waals surface area contributed by atoms with Gasteiger partial charge >= 0.3 is 11.7 Å². The van der Waals surface area contributed by atoms with Gasteiger partial charge in [-0.1, -0.05) is 0 Å². The molecule has 0 fully saturated rings. The van der Waals surface area contributed by atoms with Crippen molar-refractivity contribution in [3.8, 4) is 5.69 Å². The first-order valence-corrected chi connectivity index (χ1v) is 7.63. The van der Waals surface area contributed by atoms with Gasteiger partial charge in [0, 0.05) is 13.2 Å². The van der Waals surface area contributed by atoms with Gasteiger partial charge < -0.3 is 15.0 Å². The fourth-order valence-electron chi connectivity index (χ4n) is 2.58. The van der Waals surface area contributed by atoms with Gasteiger partial charge in [0.15, 0.2) is 5.82 Å². The Morgan fingerprint density at radius 3 is 2.69 bits per heavy atom. The number of H-pyrrole nitrogens is 1. The van der Waals surface area contributed by atoms with E-state index >= 15 is 0 Å². The molecule has 10 heteroatoms. The third kappa shape index (κ3) is 2.77. The molecule has 0 aliphatic heterocycles. The Balaban J connectivity index is 2.18. The van der Waals surface area contributed by atoms with E-state index in [1.807, 2.05) is 0 Å². The van der Waals surface area contributed by atoms with Crippen LogP contribution in [0.5, 0.6) is 0 Å². The Labute approximate surface area is 145 Å². The second-order valence-corrected chi connectivity index (χ2v) is 5.42. The number of nitrogens with zero attached hydrogens (tertiary/aromatic N) is 3. The van der Waals surface area contributed by atoms with Crippen molar-refractivity contribution >= 4 is 22.9 Å². The molecule has 0 bridgehead atoms. The molecule has 0 saturated carbocycles. The van der Waals surface area contributed by atoms with E-state index in [-0.39, 0.29) is 18.0 Å². The molecular formula is C16H15N5O5. The minimum atomic E-state index is -0.836. The smallest absolute Gasteiger partial charge is 0.345 e. The number of nitrogens with one attached hydrogen (secondary N) is 1. The summed E-state index contributed by atoms with van der Waals surface area (Å²) < 4.78 is 7.43. The highest BCUT2D eigenvalue weighted by molar-refractivity contribution is 5.94. The van der Waals surface area contributed by atoms with Gasteiger partial charge in [-0.15, -0.1) is 0 Å². The van der Waals surface area contributed by atoms with Crippen LogP contribution in [0, 0.1) is 0 Å². The molecule has 3 aromatic rings. The van der Waals surface area contributed by atoms with Gasteiger partial charge in [-0.3, -0.25) is 19.1 Å². The van der Waals surface area contributed by atoms with E-state index in [0.29, 0.717) is 16.7 Å². The molecule has 1 aromatic carbocycles. The minimum absolute atomic E-state index is 0.0678. The second-order valence-electron chi connectivity index (χ2n) is 5.42. The Hall–Kier alpha value is -3.69. The lowest BCUT2D eigenvalue weighted by molar-refractivity contribution is 0.0523. The normalized spacial score (nSPS) is 10.8. The van der Waals surface area contributed by atoms with Gasteiger partial charge in [0.25, 0.3) is 11.5 Å². The number of hydrogen-bond acceptors (Lipinski definition) is 6. The maximum absolute atomic E-state index is 12.1. The third-order valence-corrected chi connectivity index (χ3v) is 3.80. The quantitative estimate of drug-likeness (QED) is 0.613. The predicted molar refractivity (Wildman–Crippen MR) is 91.4 cm³/mol. The number of aromatic nitrogens is 4. The lowest BCUT2D eigenvalue weighted by Gasteiger charge is -2.07. The van der Waals surface area contributed by atoms with Crippen LogP contribution in [0.3, 0.4) is 0 Å². The van der Waals surface area contributed by atoms with E-state index in [1.54, 1.807) is 26.1 Å². The molecule has 0 unspecified atom stereocenters. The van der Waals surface area contributed by atoms with Gasteiger partial charge in [0.05, 0.1) is 23.3 Å². The van der Waals surface area contributed by atoms with Crippen molar-refractivity contribution in [2.75, 3.05) is 6.61 Å². The summed E-state index contributed by atoms with van der Waals surface area (Å²) >= 11 is 0. The van der Waals surface area contributed by atoms with Gasteiger partial charge in [-0.2, -0.15) is 0 Å². The van der Waals surface area contributed by atoms with Crippen molar-refractivity contribution in [3.05, 3.63) is 56.6 Å². The summed E-state index contributed by atoms with van der Waals surface area (Å²) in [5, 5.41) is 0. The van der Waals surface area contributed by atoms with E-state index in [9.17, 15) is 19.2 Å². The van der Waals surface area contributed by atoms with Gasteiger partial charge in [-0.25, -0.2) is 14.6 Å². The molecule has 2 aromatic heterocycles. The zero-order chi connectivity index (χ0) is 19.0. The zero-order valence-electron chi connectivity index (χ0n) is 14.0. The number of amides is 1. The van der Waals surface area contributed by atoms with Crippen LogP contribution in [0.15, 0.2) is 34.0 Å². The molecular weight excluding hydrogens is 342 g/mol. The number of rotatable bonds is 4. The summed E-state index contributed by atoms with van der Waals surface area (Å²) in [5.41, 5.74) is 4.82.